The van der Waals surface area contributed by atoms with E-state index in [1.54, 1.807) is 13.0 Å². The van der Waals surface area contributed by atoms with Gasteiger partial charge in [0.15, 0.2) is 0 Å². The van der Waals surface area contributed by atoms with Crippen molar-refractivity contribution in [1.82, 2.24) is 0 Å². The highest BCUT2D eigenvalue weighted by Gasteiger charge is 2.18. The lowest BCUT2D eigenvalue weighted by atomic mass is 10.0. The van der Waals surface area contributed by atoms with Crippen LogP contribution < -0.4 is 9.88 Å². The Balaban J connectivity index is 3.04. The second-order valence-electron chi connectivity index (χ2n) is 5.20. The van der Waals surface area contributed by atoms with Crippen LogP contribution in [-0.2, 0) is 14.8 Å². The largest absolute Gasteiger partial charge is 0.493 e. The maximum Gasteiger partial charge on any atom is 0.303 e. The number of carboxylic acid groups (broad SMARTS) is 1. The maximum atomic E-state index is 11.5. The summed E-state index contributed by atoms with van der Waals surface area (Å²) in [6.45, 7) is 5.75. The van der Waals surface area contributed by atoms with Crippen LogP contribution in [0.2, 0.25) is 0 Å². The molecule has 7 heteroatoms. The van der Waals surface area contributed by atoms with Crippen molar-refractivity contribution in [3.63, 3.8) is 0 Å². The number of carboxylic acids is 1. The Morgan fingerprint density at radius 3 is 2.48 bits per heavy atom. The first-order valence-electron chi connectivity index (χ1n) is 6.65. The van der Waals surface area contributed by atoms with Gasteiger partial charge >= 0.3 is 5.97 Å². The highest BCUT2D eigenvalue weighted by molar-refractivity contribution is 7.89. The summed E-state index contributed by atoms with van der Waals surface area (Å²) in [5.74, 6) is -0.246. The SMILES string of the molecule is Cc1cc(OCCCC(=O)O)c(C(C)C)cc1S(N)(=O)=O. The fraction of sp³-hybridized carbons (Fsp3) is 0.500. The average Bonchev–Trinajstić information content (AvgIpc) is 2.32. The first-order chi connectivity index (χ1) is 9.62. The average molecular weight is 315 g/mol. The molecule has 0 amide bonds. The van der Waals surface area contributed by atoms with E-state index in [9.17, 15) is 13.2 Å². The number of aryl methyl sites for hydroxylation is 1. The van der Waals surface area contributed by atoms with Gasteiger partial charge in [0.05, 0.1) is 11.5 Å². The first kappa shape index (κ1) is 17.5. The van der Waals surface area contributed by atoms with Crippen LogP contribution in [0.4, 0.5) is 0 Å². The minimum absolute atomic E-state index is 0.0330. The van der Waals surface area contributed by atoms with E-state index >= 15 is 0 Å². The molecule has 0 unspecified atom stereocenters. The summed E-state index contributed by atoms with van der Waals surface area (Å²) >= 11 is 0. The molecule has 118 valence electrons. The normalized spacial score (nSPS) is 11.7. The van der Waals surface area contributed by atoms with Gasteiger partial charge in [-0.3, -0.25) is 4.79 Å². The quantitative estimate of drug-likeness (QED) is 0.748. The lowest BCUT2D eigenvalue weighted by molar-refractivity contribution is -0.137. The van der Waals surface area contributed by atoms with E-state index in [0.29, 0.717) is 17.7 Å². The Kier molecular flexibility index (Phi) is 5.74. The minimum atomic E-state index is -3.78. The summed E-state index contributed by atoms with van der Waals surface area (Å²) in [5, 5.41) is 13.8. The highest BCUT2D eigenvalue weighted by Crippen LogP contribution is 2.31. The van der Waals surface area contributed by atoms with Gasteiger partial charge in [-0.15, -0.1) is 0 Å². The summed E-state index contributed by atoms with van der Waals surface area (Å²) in [5.41, 5.74) is 1.25. The highest BCUT2D eigenvalue weighted by atomic mass is 32.2. The van der Waals surface area contributed by atoms with Crippen LogP contribution >= 0.6 is 0 Å². The molecule has 0 saturated heterocycles. The number of aliphatic carboxylic acids is 1. The lowest BCUT2D eigenvalue weighted by Crippen LogP contribution is -2.15. The first-order valence-corrected chi connectivity index (χ1v) is 8.19. The number of primary sulfonamides is 1. The van der Waals surface area contributed by atoms with Crippen LogP contribution in [0.1, 0.15) is 43.7 Å². The third-order valence-corrected chi connectivity index (χ3v) is 4.08. The molecule has 0 fully saturated rings. The molecule has 3 N–H and O–H groups in total. The van der Waals surface area contributed by atoms with Crippen molar-refractivity contribution in [3.05, 3.63) is 23.3 Å². The molecule has 0 heterocycles. The number of ether oxygens (including phenoxy) is 1. The molecule has 0 radical (unpaired) electrons. The van der Waals surface area contributed by atoms with Crippen molar-refractivity contribution in [2.24, 2.45) is 5.14 Å². The van der Waals surface area contributed by atoms with Gasteiger partial charge in [0.2, 0.25) is 10.0 Å². The maximum absolute atomic E-state index is 11.5. The number of carbonyl (C=O) groups is 1. The number of hydrogen-bond acceptors (Lipinski definition) is 4. The molecule has 0 aliphatic carbocycles. The van der Waals surface area contributed by atoms with Gasteiger partial charge in [-0.25, -0.2) is 13.6 Å². The van der Waals surface area contributed by atoms with Crippen LogP contribution in [0.15, 0.2) is 17.0 Å². The zero-order valence-electron chi connectivity index (χ0n) is 12.4. The lowest BCUT2D eigenvalue weighted by Gasteiger charge is -2.17. The Bertz CT molecular complexity index is 622. The van der Waals surface area contributed by atoms with Crippen LogP contribution in [0.5, 0.6) is 5.75 Å². The molecular weight excluding hydrogens is 294 g/mol. The van der Waals surface area contributed by atoms with Crippen molar-refractivity contribution in [1.29, 1.82) is 0 Å². The number of rotatable bonds is 7. The van der Waals surface area contributed by atoms with Gasteiger partial charge < -0.3 is 9.84 Å². The van der Waals surface area contributed by atoms with E-state index in [1.165, 1.54) is 6.07 Å². The molecule has 0 aromatic heterocycles. The van der Waals surface area contributed by atoms with Crippen LogP contribution in [0.25, 0.3) is 0 Å². The number of sulfonamides is 1. The fourth-order valence-electron chi connectivity index (χ4n) is 1.97. The second kappa shape index (κ2) is 6.91. The van der Waals surface area contributed by atoms with Crippen molar-refractivity contribution in [2.45, 2.75) is 44.4 Å². The van der Waals surface area contributed by atoms with Gasteiger partial charge in [0.1, 0.15) is 5.75 Å². The molecule has 0 aliphatic rings. The summed E-state index contributed by atoms with van der Waals surface area (Å²) in [6.07, 6.45) is 0.425. The third-order valence-electron chi connectivity index (χ3n) is 3.03. The molecule has 0 bridgehead atoms. The van der Waals surface area contributed by atoms with Gasteiger partial charge in [-0.05, 0) is 42.5 Å². The summed E-state index contributed by atoms with van der Waals surface area (Å²) in [4.78, 5) is 10.5. The minimum Gasteiger partial charge on any atom is -0.493 e. The van der Waals surface area contributed by atoms with Gasteiger partial charge in [0.25, 0.3) is 0 Å². The van der Waals surface area contributed by atoms with Crippen LogP contribution in [0.3, 0.4) is 0 Å². The van der Waals surface area contributed by atoms with E-state index in [2.05, 4.69) is 0 Å². The number of nitrogens with two attached hydrogens (primary N) is 1. The van der Waals surface area contributed by atoms with Crippen molar-refractivity contribution in [3.8, 4) is 5.75 Å². The number of benzene rings is 1. The van der Waals surface area contributed by atoms with E-state index < -0.39 is 16.0 Å². The Labute approximate surface area is 125 Å². The molecule has 0 saturated carbocycles. The van der Waals surface area contributed by atoms with Crippen molar-refractivity contribution in [2.75, 3.05) is 6.61 Å². The third kappa shape index (κ3) is 5.02. The fourth-order valence-corrected chi connectivity index (χ4v) is 2.76. The summed E-state index contributed by atoms with van der Waals surface area (Å²) < 4.78 is 28.7. The van der Waals surface area contributed by atoms with Crippen molar-refractivity contribution >= 4 is 16.0 Å². The van der Waals surface area contributed by atoms with Crippen LogP contribution in [-0.4, -0.2) is 26.1 Å². The topological polar surface area (TPSA) is 107 Å². The standard InChI is InChI=1S/C14H21NO5S/c1-9(2)11-8-13(21(15,18)19)10(3)7-12(11)20-6-4-5-14(16)17/h7-9H,4-6H2,1-3H3,(H,16,17)(H2,15,18,19). The predicted molar refractivity (Wildman–Crippen MR) is 79.0 cm³/mol. The van der Waals surface area contributed by atoms with Gasteiger partial charge in [-0.2, -0.15) is 0 Å². The van der Waals surface area contributed by atoms with E-state index in [4.69, 9.17) is 15.0 Å². The summed E-state index contributed by atoms with van der Waals surface area (Å²) in [7, 11) is -3.78. The molecule has 0 atom stereocenters. The zero-order chi connectivity index (χ0) is 16.2. The van der Waals surface area contributed by atoms with E-state index in [-0.39, 0.29) is 23.8 Å². The van der Waals surface area contributed by atoms with E-state index in [1.807, 2.05) is 13.8 Å². The van der Waals surface area contributed by atoms with Gasteiger partial charge in [-0.1, -0.05) is 13.8 Å². The zero-order valence-corrected chi connectivity index (χ0v) is 13.2. The molecule has 1 rings (SSSR count). The number of hydrogen-bond donors (Lipinski definition) is 2. The monoisotopic (exact) mass is 315 g/mol. The molecule has 6 nitrogen and oxygen atoms in total. The van der Waals surface area contributed by atoms with Crippen LogP contribution in [0, 0.1) is 6.92 Å². The Morgan fingerprint density at radius 1 is 1.38 bits per heavy atom. The summed E-state index contributed by atoms with van der Waals surface area (Å²) in [6, 6.07) is 3.16. The molecule has 1 aromatic carbocycles. The van der Waals surface area contributed by atoms with Gasteiger partial charge in [0, 0.05) is 6.42 Å². The smallest absolute Gasteiger partial charge is 0.303 e. The predicted octanol–water partition coefficient (Wildman–Crippen LogP) is 2.01. The molecular formula is C14H21NO5S. The van der Waals surface area contributed by atoms with Crippen molar-refractivity contribution < 1.29 is 23.1 Å². The Morgan fingerprint density at radius 2 is 2.00 bits per heavy atom. The molecule has 1 aromatic rings. The molecule has 21 heavy (non-hydrogen) atoms. The second-order valence-corrected chi connectivity index (χ2v) is 6.73. The molecule has 0 spiro atoms. The van der Waals surface area contributed by atoms with E-state index in [0.717, 1.165) is 5.56 Å². The Hall–Kier alpha value is -1.60. The molecule has 0 aliphatic heterocycles.